The van der Waals surface area contributed by atoms with Crippen LogP contribution in [0.1, 0.15) is 33.6 Å². The topological polar surface area (TPSA) is 75.7 Å². The second kappa shape index (κ2) is 5.04. The minimum atomic E-state index is -5.19. The van der Waals surface area contributed by atoms with E-state index in [0.717, 1.165) is 23.8 Å². The Morgan fingerprint density at radius 2 is 2.00 bits per heavy atom. The number of imide groups is 1. The van der Waals surface area contributed by atoms with Gasteiger partial charge in [-0.15, -0.1) is 0 Å². The highest BCUT2D eigenvalue weighted by atomic mass is 19.4. The van der Waals surface area contributed by atoms with Gasteiger partial charge in [-0.2, -0.15) is 13.2 Å². The van der Waals surface area contributed by atoms with E-state index >= 15 is 0 Å². The average molecular weight is 354 g/mol. The number of hydrogen-bond donors (Lipinski definition) is 1. The first kappa shape index (κ1) is 16.1. The Labute approximate surface area is 139 Å². The molecule has 9 heteroatoms. The first-order valence-corrected chi connectivity index (χ1v) is 7.72. The Hall–Kier alpha value is -2.42. The predicted octanol–water partition coefficient (Wildman–Crippen LogP) is 1.50. The number of ether oxygens (including phenoxy) is 1. The van der Waals surface area contributed by atoms with Gasteiger partial charge in [-0.3, -0.25) is 14.5 Å². The number of carbonyl (C=O) groups is 3. The highest BCUT2D eigenvalue weighted by Crippen LogP contribution is 2.48. The van der Waals surface area contributed by atoms with E-state index in [4.69, 9.17) is 0 Å². The molecule has 5 rings (SSSR count). The number of nitrogens with zero attached hydrogens (tertiary/aromatic N) is 1. The molecule has 4 aliphatic rings. The molecule has 1 aromatic carbocycles. The highest BCUT2D eigenvalue weighted by molar-refractivity contribution is 6.22. The maximum absolute atomic E-state index is 12.6. The summed E-state index contributed by atoms with van der Waals surface area (Å²) in [6, 6.07) is 4.10. The second-order valence-electron chi connectivity index (χ2n) is 6.75. The van der Waals surface area contributed by atoms with Gasteiger partial charge in [-0.1, -0.05) is 6.07 Å². The Kier molecular flexibility index (Phi) is 3.24. The number of carbonyl (C=O) groups excluding carboxylic acids is 3. The molecular weight excluding hydrogens is 341 g/mol. The third-order valence-electron chi connectivity index (χ3n) is 5.01. The summed E-state index contributed by atoms with van der Waals surface area (Å²) < 4.78 is 41.6. The smallest absolute Gasteiger partial charge is 0.419 e. The zero-order valence-corrected chi connectivity index (χ0v) is 12.9. The first-order chi connectivity index (χ1) is 11.7. The molecule has 0 atom stereocenters. The quantitative estimate of drug-likeness (QED) is 0.506. The van der Waals surface area contributed by atoms with Gasteiger partial charge in [0, 0.05) is 24.5 Å². The monoisotopic (exact) mass is 354 g/mol. The number of esters is 1. The molecule has 3 heterocycles. The number of nitrogens with one attached hydrogen (secondary N) is 1. The molecule has 132 valence electrons. The fourth-order valence-corrected chi connectivity index (χ4v) is 3.84. The van der Waals surface area contributed by atoms with Gasteiger partial charge in [0.25, 0.3) is 11.8 Å². The first-order valence-electron chi connectivity index (χ1n) is 7.72. The third-order valence-corrected chi connectivity index (χ3v) is 5.01. The lowest BCUT2D eigenvalue weighted by molar-refractivity contribution is -0.189. The third kappa shape index (κ3) is 2.41. The Balaban J connectivity index is 1.62. The molecule has 2 saturated heterocycles. The van der Waals surface area contributed by atoms with Gasteiger partial charge in [-0.25, -0.2) is 4.79 Å². The maximum Gasteiger partial charge on any atom is 0.491 e. The number of amides is 2. The normalized spacial score (nSPS) is 27.3. The molecule has 3 aliphatic heterocycles. The van der Waals surface area contributed by atoms with Crippen LogP contribution in [0.2, 0.25) is 0 Å². The Bertz CT molecular complexity index is 794. The van der Waals surface area contributed by atoms with Crippen molar-refractivity contribution in [2.24, 2.45) is 5.41 Å². The fraction of sp³-hybridized carbons (Fsp3) is 0.438. The molecule has 0 unspecified atom stereocenters. The minimum Gasteiger partial charge on any atom is -0.419 e. The van der Waals surface area contributed by atoms with E-state index in [1.54, 1.807) is 0 Å². The van der Waals surface area contributed by atoms with Crippen LogP contribution in [0, 0.1) is 5.41 Å². The molecule has 1 N–H and O–H groups in total. The van der Waals surface area contributed by atoms with Crippen LogP contribution >= 0.6 is 0 Å². The van der Waals surface area contributed by atoms with E-state index in [-0.39, 0.29) is 23.1 Å². The zero-order chi connectivity index (χ0) is 18.0. The summed E-state index contributed by atoms with van der Waals surface area (Å²) in [5.41, 5.74) is -0.500. The van der Waals surface area contributed by atoms with Gasteiger partial charge in [-0.05, 0) is 25.0 Å². The molecule has 1 aromatic rings. The molecule has 0 radical (unpaired) electrons. The predicted molar refractivity (Wildman–Crippen MR) is 77.0 cm³/mol. The van der Waals surface area contributed by atoms with Crippen LogP contribution in [-0.2, 0) is 4.79 Å². The van der Waals surface area contributed by atoms with Crippen molar-refractivity contribution in [2.75, 3.05) is 13.1 Å². The molecule has 3 fully saturated rings. The van der Waals surface area contributed by atoms with Crippen LogP contribution in [0.5, 0.6) is 5.75 Å². The molecule has 6 nitrogen and oxygen atoms in total. The number of alkyl halides is 3. The zero-order valence-electron chi connectivity index (χ0n) is 12.9. The van der Waals surface area contributed by atoms with Gasteiger partial charge in [0.1, 0.15) is 5.75 Å². The van der Waals surface area contributed by atoms with E-state index in [1.165, 1.54) is 12.1 Å². The summed E-state index contributed by atoms with van der Waals surface area (Å²) in [7, 11) is 0. The van der Waals surface area contributed by atoms with Crippen molar-refractivity contribution < 1.29 is 32.3 Å². The van der Waals surface area contributed by atoms with Crippen molar-refractivity contribution in [3.05, 3.63) is 29.3 Å². The SMILES string of the molecule is O=C1c2cccc(OC(=O)C(F)(F)F)c2C(=O)N1CC12CNC(C1)C2. The summed E-state index contributed by atoms with van der Waals surface area (Å²) in [5, 5.41) is 3.27. The van der Waals surface area contributed by atoms with E-state index in [0.29, 0.717) is 12.6 Å². The van der Waals surface area contributed by atoms with E-state index < -0.39 is 29.7 Å². The van der Waals surface area contributed by atoms with E-state index in [1.807, 2.05) is 0 Å². The second-order valence-corrected chi connectivity index (χ2v) is 6.75. The maximum atomic E-state index is 12.6. The molecule has 25 heavy (non-hydrogen) atoms. The molecular formula is C16H13F3N2O4. The Morgan fingerprint density at radius 3 is 2.60 bits per heavy atom. The molecule has 2 bridgehead atoms. The van der Waals surface area contributed by atoms with Crippen LogP contribution in [0.15, 0.2) is 18.2 Å². The van der Waals surface area contributed by atoms with Gasteiger partial charge in [0.15, 0.2) is 0 Å². The van der Waals surface area contributed by atoms with Crippen LogP contribution in [0.25, 0.3) is 0 Å². The molecule has 2 amide bonds. The van der Waals surface area contributed by atoms with Crippen LogP contribution in [0.3, 0.4) is 0 Å². The number of fused-ring (bicyclic) bond motifs is 2. The van der Waals surface area contributed by atoms with Crippen molar-refractivity contribution >= 4 is 17.8 Å². The number of benzene rings is 1. The van der Waals surface area contributed by atoms with E-state index in [2.05, 4.69) is 10.1 Å². The molecule has 0 spiro atoms. The van der Waals surface area contributed by atoms with Crippen LogP contribution in [0.4, 0.5) is 13.2 Å². The molecule has 1 saturated carbocycles. The van der Waals surface area contributed by atoms with Crippen LogP contribution in [-0.4, -0.2) is 48.0 Å². The van der Waals surface area contributed by atoms with Crippen molar-refractivity contribution in [2.45, 2.75) is 25.1 Å². The Morgan fingerprint density at radius 1 is 1.28 bits per heavy atom. The summed E-state index contributed by atoms with van der Waals surface area (Å²) in [6.07, 6.45) is -3.48. The average Bonchev–Trinajstić information content (AvgIpc) is 3.16. The van der Waals surface area contributed by atoms with Crippen molar-refractivity contribution in [3.8, 4) is 5.75 Å². The number of halogens is 3. The van der Waals surface area contributed by atoms with E-state index in [9.17, 15) is 27.6 Å². The summed E-state index contributed by atoms with van der Waals surface area (Å²) in [5.74, 6) is -4.28. The van der Waals surface area contributed by atoms with Gasteiger partial charge < -0.3 is 10.1 Å². The van der Waals surface area contributed by atoms with Gasteiger partial charge in [0.2, 0.25) is 0 Å². The molecule has 0 aromatic heterocycles. The lowest BCUT2D eigenvalue weighted by atomic mass is 9.70. The van der Waals surface area contributed by atoms with Crippen molar-refractivity contribution in [1.29, 1.82) is 0 Å². The summed E-state index contributed by atoms with van der Waals surface area (Å²) >= 11 is 0. The van der Waals surface area contributed by atoms with Gasteiger partial charge >= 0.3 is 12.1 Å². The lowest BCUT2D eigenvalue weighted by Crippen LogP contribution is -2.46. The summed E-state index contributed by atoms with van der Waals surface area (Å²) in [4.78, 5) is 37.2. The van der Waals surface area contributed by atoms with Gasteiger partial charge in [0.05, 0.1) is 11.1 Å². The van der Waals surface area contributed by atoms with Crippen molar-refractivity contribution in [1.82, 2.24) is 10.2 Å². The number of rotatable bonds is 3. The highest BCUT2D eigenvalue weighted by Gasteiger charge is 2.53. The van der Waals surface area contributed by atoms with Crippen molar-refractivity contribution in [3.63, 3.8) is 0 Å². The standard InChI is InChI=1S/C16H13F3N2O4/c17-16(18,19)14(24)25-10-3-1-2-9-11(10)13(23)21(12(9)22)7-15-4-8(5-15)20-6-15/h1-3,8,20H,4-7H2. The fourth-order valence-electron chi connectivity index (χ4n) is 3.84. The summed E-state index contributed by atoms with van der Waals surface area (Å²) in [6.45, 7) is 0.899. The number of hydrogen-bond acceptors (Lipinski definition) is 5. The minimum absolute atomic E-state index is 0.0456. The van der Waals surface area contributed by atoms with Crippen LogP contribution < -0.4 is 10.1 Å². The lowest BCUT2D eigenvalue weighted by Gasteiger charge is -2.39. The largest absolute Gasteiger partial charge is 0.491 e. The molecule has 1 aliphatic carbocycles.